The van der Waals surface area contributed by atoms with Crippen molar-refractivity contribution in [2.45, 2.75) is 37.8 Å². The van der Waals surface area contributed by atoms with Gasteiger partial charge in [-0.25, -0.2) is 8.42 Å². The Kier molecular flexibility index (Phi) is 10.6. The number of anilines is 1. The fourth-order valence-corrected chi connectivity index (χ4v) is 5.99. The third kappa shape index (κ3) is 7.23. The van der Waals surface area contributed by atoms with Crippen LogP contribution in [-0.4, -0.2) is 51.4 Å². The quantitative estimate of drug-likeness (QED) is 0.314. The van der Waals surface area contributed by atoms with Crippen LogP contribution in [0.15, 0.2) is 77.7 Å². The molecule has 0 unspecified atom stereocenters. The summed E-state index contributed by atoms with van der Waals surface area (Å²) in [6.07, 6.45) is 0.288. The molecule has 3 aromatic carbocycles. The molecule has 0 bridgehead atoms. The maximum absolute atomic E-state index is 14.0. The number of carbonyl (C=O) groups is 2. The predicted molar refractivity (Wildman–Crippen MR) is 154 cm³/mol. The molecule has 1 atom stereocenters. The smallest absolute Gasteiger partial charge is 0.264 e. The minimum Gasteiger partial charge on any atom is -0.497 e. The van der Waals surface area contributed by atoms with Gasteiger partial charge in [-0.05, 0) is 61.9 Å². The maximum atomic E-state index is 14.0. The summed E-state index contributed by atoms with van der Waals surface area (Å²) in [4.78, 5) is 28.3. The molecule has 39 heavy (non-hydrogen) atoms. The lowest BCUT2D eigenvalue weighted by Gasteiger charge is -2.33. The number of halogens is 2. The summed E-state index contributed by atoms with van der Waals surface area (Å²) in [5.74, 6) is -0.461. The molecule has 0 aliphatic heterocycles. The molecule has 0 aromatic heterocycles. The lowest BCUT2D eigenvalue weighted by atomic mass is 10.1. The molecule has 0 radical (unpaired) electrons. The lowest BCUT2D eigenvalue weighted by molar-refractivity contribution is -0.140. The molecule has 11 heteroatoms. The average Bonchev–Trinajstić information content (AvgIpc) is 2.93. The van der Waals surface area contributed by atoms with Gasteiger partial charge in [-0.3, -0.25) is 13.9 Å². The number of para-hydroxylation sites is 1. The van der Waals surface area contributed by atoms with E-state index in [0.29, 0.717) is 33.6 Å². The van der Waals surface area contributed by atoms with E-state index in [-0.39, 0.29) is 23.8 Å². The minimum absolute atomic E-state index is 0.0172. The highest BCUT2D eigenvalue weighted by Crippen LogP contribution is 2.29. The van der Waals surface area contributed by atoms with Crippen molar-refractivity contribution in [2.24, 2.45) is 0 Å². The van der Waals surface area contributed by atoms with Crippen molar-refractivity contribution >= 4 is 50.7 Å². The number of amides is 2. The first-order valence-electron chi connectivity index (χ1n) is 12.4. The van der Waals surface area contributed by atoms with Gasteiger partial charge >= 0.3 is 0 Å². The Balaban J connectivity index is 2.07. The van der Waals surface area contributed by atoms with Crippen molar-refractivity contribution < 1.29 is 22.7 Å². The Morgan fingerprint density at radius 1 is 0.923 bits per heavy atom. The third-order valence-corrected chi connectivity index (χ3v) is 8.59. The minimum atomic E-state index is -4.18. The van der Waals surface area contributed by atoms with Crippen LogP contribution in [0.25, 0.3) is 0 Å². The highest BCUT2D eigenvalue weighted by molar-refractivity contribution is 7.92. The zero-order valence-corrected chi connectivity index (χ0v) is 24.3. The predicted octanol–water partition coefficient (Wildman–Crippen LogP) is 5.14. The van der Waals surface area contributed by atoms with E-state index in [9.17, 15) is 18.0 Å². The van der Waals surface area contributed by atoms with Gasteiger partial charge in [-0.15, -0.1) is 0 Å². The summed E-state index contributed by atoms with van der Waals surface area (Å²) in [5, 5.41) is 3.42. The summed E-state index contributed by atoms with van der Waals surface area (Å²) in [6.45, 7) is 3.28. The van der Waals surface area contributed by atoms with Gasteiger partial charge in [-0.1, -0.05) is 54.4 Å². The van der Waals surface area contributed by atoms with Gasteiger partial charge in [0.15, 0.2) is 0 Å². The second kappa shape index (κ2) is 13.7. The van der Waals surface area contributed by atoms with E-state index in [1.807, 2.05) is 0 Å². The molecule has 8 nitrogen and oxygen atoms in total. The Bertz CT molecular complexity index is 1370. The normalized spacial score (nSPS) is 11.9. The number of methoxy groups -OCH3 is 1. The molecule has 2 amide bonds. The van der Waals surface area contributed by atoms with Crippen molar-refractivity contribution in [3.05, 3.63) is 88.4 Å². The van der Waals surface area contributed by atoms with E-state index < -0.39 is 28.5 Å². The van der Waals surface area contributed by atoms with Crippen LogP contribution in [0.1, 0.15) is 25.8 Å². The summed E-state index contributed by atoms with van der Waals surface area (Å²) in [6, 6.07) is 18.3. The van der Waals surface area contributed by atoms with Crippen LogP contribution in [0.4, 0.5) is 5.69 Å². The number of benzene rings is 3. The number of likely N-dealkylation sites (N-methyl/N-ethyl adjacent to an activating group) is 1. The molecular weight excluding hydrogens is 561 g/mol. The van der Waals surface area contributed by atoms with E-state index in [0.717, 1.165) is 4.31 Å². The topological polar surface area (TPSA) is 96.0 Å². The molecule has 0 aliphatic carbocycles. The van der Waals surface area contributed by atoms with Gasteiger partial charge in [-0.2, -0.15) is 0 Å². The van der Waals surface area contributed by atoms with Crippen LogP contribution < -0.4 is 14.4 Å². The van der Waals surface area contributed by atoms with E-state index in [1.165, 1.54) is 36.3 Å². The van der Waals surface area contributed by atoms with E-state index >= 15 is 0 Å². The number of carbonyl (C=O) groups excluding carboxylic acids is 2. The van der Waals surface area contributed by atoms with Gasteiger partial charge in [0.1, 0.15) is 18.3 Å². The van der Waals surface area contributed by atoms with E-state index in [2.05, 4.69) is 5.32 Å². The molecular formula is C28H31Cl2N3O5S. The van der Waals surface area contributed by atoms with E-state index in [1.54, 1.807) is 62.4 Å². The summed E-state index contributed by atoms with van der Waals surface area (Å²) >= 11 is 12.8. The number of hydrogen-bond donors (Lipinski definition) is 1. The number of sulfonamides is 1. The van der Waals surface area contributed by atoms with Gasteiger partial charge in [0.25, 0.3) is 10.0 Å². The van der Waals surface area contributed by atoms with Gasteiger partial charge < -0.3 is 15.0 Å². The third-order valence-electron chi connectivity index (χ3n) is 6.10. The van der Waals surface area contributed by atoms with E-state index in [4.69, 9.17) is 27.9 Å². The van der Waals surface area contributed by atoms with Gasteiger partial charge in [0, 0.05) is 28.7 Å². The number of ether oxygens (including phenoxy) is 1. The number of nitrogens with zero attached hydrogens (tertiary/aromatic N) is 2. The van der Waals surface area contributed by atoms with Crippen LogP contribution >= 0.6 is 23.2 Å². The highest BCUT2D eigenvalue weighted by atomic mass is 35.5. The second-order valence-electron chi connectivity index (χ2n) is 8.56. The van der Waals surface area contributed by atoms with Gasteiger partial charge in [0.2, 0.25) is 11.8 Å². The van der Waals surface area contributed by atoms with Crippen LogP contribution in [0, 0.1) is 0 Å². The number of rotatable bonds is 12. The maximum Gasteiger partial charge on any atom is 0.264 e. The van der Waals surface area contributed by atoms with Crippen molar-refractivity contribution in [3.8, 4) is 5.75 Å². The molecule has 3 rings (SSSR count). The summed E-state index contributed by atoms with van der Waals surface area (Å²) in [5.41, 5.74) is 0.754. The first-order valence-corrected chi connectivity index (χ1v) is 14.6. The van der Waals surface area contributed by atoms with Crippen molar-refractivity contribution in [1.82, 2.24) is 10.2 Å². The van der Waals surface area contributed by atoms with Crippen LogP contribution in [-0.2, 0) is 26.2 Å². The molecule has 0 saturated carbocycles. The molecule has 0 saturated heterocycles. The van der Waals surface area contributed by atoms with Crippen LogP contribution in [0.5, 0.6) is 5.75 Å². The molecule has 208 valence electrons. The summed E-state index contributed by atoms with van der Waals surface area (Å²) in [7, 11) is -2.70. The Hall–Kier alpha value is -3.27. The highest BCUT2D eigenvalue weighted by Gasteiger charge is 2.34. The SMILES string of the molecule is CCNC(=O)[C@H](CC)N(Cc1c(Cl)cccc1Cl)C(=O)CN(c1ccccc1)S(=O)(=O)c1ccc(OC)cc1. The zero-order chi connectivity index (χ0) is 28.6. The van der Waals surface area contributed by atoms with Crippen LogP contribution in [0.2, 0.25) is 10.0 Å². The summed E-state index contributed by atoms with van der Waals surface area (Å²) < 4.78 is 33.8. The Morgan fingerprint density at radius 3 is 2.08 bits per heavy atom. The van der Waals surface area contributed by atoms with Gasteiger partial charge in [0.05, 0.1) is 17.7 Å². The number of hydrogen-bond acceptors (Lipinski definition) is 5. The molecule has 0 fully saturated rings. The zero-order valence-electron chi connectivity index (χ0n) is 21.9. The Labute approximate surface area is 239 Å². The number of nitrogens with one attached hydrogen (secondary N) is 1. The van der Waals surface area contributed by atoms with Crippen molar-refractivity contribution in [3.63, 3.8) is 0 Å². The Morgan fingerprint density at radius 2 is 1.54 bits per heavy atom. The molecule has 0 aliphatic rings. The fraction of sp³-hybridized carbons (Fsp3) is 0.286. The average molecular weight is 593 g/mol. The van der Waals surface area contributed by atoms with Crippen LogP contribution in [0.3, 0.4) is 0 Å². The molecule has 0 spiro atoms. The molecule has 3 aromatic rings. The standard InChI is InChI=1S/C28H31Cl2N3O5S/c1-4-26(28(35)31-5-2)32(18-23-24(29)12-9-13-25(23)30)27(34)19-33(20-10-7-6-8-11-20)39(36,37)22-16-14-21(38-3)15-17-22/h6-17,26H,4-5,18-19H2,1-3H3,(H,31,35)/t26-/m0/s1. The van der Waals surface area contributed by atoms with Crippen molar-refractivity contribution in [2.75, 3.05) is 24.5 Å². The molecule has 0 heterocycles. The first-order chi connectivity index (χ1) is 18.6. The molecule has 1 N–H and O–H groups in total. The second-order valence-corrected chi connectivity index (χ2v) is 11.2. The fourth-order valence-electron chi connectivity index (χ4n) is 4.06. The largest absolute Gasteiger partial charge is 0.497 e. The monoisotopic (exact) mass is 591 g/mol. The first kappa shape index (κ1) is 30.3. The lowest BCUT2D eigenvalue weighted by Crippen LogP contribution is -2.52. The van der Waals surface area contributed by atoms with Crippen molar-refractivity contribution in [1.29, 1.82) is 0 Å².